The predicted octanol–water partition coefficient (Wildman–Crippen LogP) is 4.80. The van der Waals surface area contributed by atoms with E-state index in [0.717, 1.165) is 5.92 Å². The maximum Gasteiger partial charge on any atom is 0.0377 e. The van der Waals surface area contributed by atoms with Crippen LogP contribution in [0.5, 0.6) is 0 Å². The monoisotopic (exact) mass is 245 g/mol. The first-order valence-corrected chi connectivity index (χ1v) is 7.54. The van der Waals surface area contributed by atoms with Crippen LogP contribution in [0.15, 0.2) is 18.2 Å². The van der Waals surface area contributed by atoms with Crippen molar-refractivity contribution in [1.82, 2.24) is 0 Å². The van der Waals surface area contributed by atoms with Crippen molar-refractivity contribution in [2.75, 3.05) is 5.32 Å². The van der Waals surface area contributed by atoms with Crippen LogP contribution in [0.1, 0.15) is 57.6 Å². The van der Waals surface area contributed by atoms with E-state index in [2.05, 4.69) is 44.3 Å². The quantitative estimate of drug-likeness (QED) is 0.785. The van der Waals surface area contributed by atoms with Gasteiger partial charge < -0.3 is 5.32 Å². The Bertz CT molecular complexity index is 381. The van der Waals surface area contributed by atoms with Gasteiger partial charge in [0.15, 0.2) is 0 Å². The number of anilines is 1. The fraction of sp³-hybridized carbons (Fsp3) is 0.647. The van der Waals surface area contributed by atoms with Crippen molar-refractivity contribution < 1.29 is 0 Å². The molecular formula is C17H27N. The first kappa shape index (κ1) is 13.5. The summed E-state index contributed by atoms with van der Waals surface area (Å²) >= 11 is 0. The average molecular weight is 245 g/mol. The molecule has 0 radical (unpaired) electrons. The lowest BCUT2D eigenvalue weighted by atomic mass is 9.90. The minimum Gasteiger partial charge on any atom is -0.382 e. The van der Waals surface area contributed by atoms with Crippen molar-refractivity contribution in [3.8, 4) is 0 Å². The van der Waals surface area contributed by atoms with Crippen LogP contribution in [0.2, 0.25) is 0 Å². The molecule has 1 N–H and O–H groups in total. The molecule has 1 heteroatoms. The van der Waals surface area contributed by atoms with Crippen LogP contribution in [0.25, 0.3) is 0 Å². The smallest absolute Gasteiger partial charge is 0.0377 e. The molecule has 0 spiro atoms. The van der Waals surface area contributed by atoms with Crippen LogP contribution in [-0.4, -0.2) is 6.04 Å². The highest BCUT2D eigenvalue weighted by Gasteiger charge is 2.14. The highest BCUT2D eigenvalue weighted by molar-refractivity contribution is 5.56. The second kappa shape index (κ2) is 6.26. The molecule has 0 aliphatic heterocycles. The lowest BCUT2D eigenvalue weighted by molar-refractivity contribution is 0.527. The van der Waals surface area contributed by atoms with Gasteiger partial charge in [-0.3, -0.25) is 0 Å². The van der Waals surface area contributed by atoms with Crippen molar-refractivity contribution in [3.63, 3.8) is 0 Å². The molecule has 2 rings (SSSR count). The third-order valence-corrected chi connectivity index (χ3v) is 3.97. The first-order valence-electron chi connectivity index (χ1n) is 7.54. The summed E-state index contributed by atoms with van der Waals surface area (Å²) in [6, 6.07) is 7.36. The van der Waals surface area contributed by atoms with Crippen LogP contribution < -0.4 is 5.32 Å². The minimum atomic E-state index is 0.584. The number of fused-ring (bicyclic) bond motifs is 1. The topological polar surface area (TPSA) is 12.0 Å². The molecule has 0 heterocycles. The molecule has 1 nitrogen and oxygen atoms in total. The zero-order valence-corrected chi connectivity index (χ0v) is 12.1. The van der Waals surface area contributed by atoms with Crippen molar-refractivity contribution >= 4 is 5.69 Å². The summed E-state index contributed by atoms with van der Waals surface area (Å²) < 4.78 is 0. The Labute approximate surface area is 112 Å². The summed E-state index contributed by atoms with van der Waals surface area (Å²) in [4.78, 5) is 0. The molecule has 0 amide bonds. The highest BCUT2D eigenvalue weighted by Crippen LogP contribution is 2.28. The number of hydrogen-bond donors (Lipinski definition) is 1. The highest BCUT2D eigenvalue weighted by atomic mass is 14.9. The second-order valence-corrected chi connectivity index (χ2v) is 6.17. The molecule has 18 heavy (non-hydrogen) atoms. The molecule has 0 saturated carbocycles. The molecule has 1 aromatic rings. The second-order valence-electron chi connectivity index (χ2n) is 6.17. The molecule has 0 aromatic heterocycles. The van der Waals surface area contributed by atoms with E-state index in [9.17, 15) is 0 Å². The van der Waals surface area contributed by atoms with Crippen molar-refractivity contribution in [1.29, 1.82) is 0 Å². The van der Waals surface area contributed by atoms with Crippen LogP contribution in [-0.2, 0) is 12.8 Å². The lowest BCUT2D eigenvalue weighted by Crippen LogP contribution is -2.18. The van der Waals surface area contributed by atoms with Crippen molar-refractivity contribution in [2.45, 2.75) is 65.3 Å². The Hall–Kier alpha value is -0.980. The molecule has 1 atom stereocenters. The van der Waals surface area contributed by atoms with E-state index < -0.39 is 0 Å². The van der Waals surface area contributed by atoms with Gasteiger partial charge in [0.1, 0.15) is 0 Å². The zero-order valence-electron chi connectivity index (χ0n) is 12.1. The third kappa shape index (κ3) is 3.51. The molecular weight excluding hydrogens is 218 g/mol. The van der Waals surface area contributed by atoms with Crippen LogP contribution in [0, 0.1) is 5.92 Å². The van der Waals surface area contributed by atoms with Gasteiger partial charge >= 0.3 is 0 Å². The normalized spacial score (nSPS) is 16.4. The third-order valence-electron chi connectivity index (χ3n) is 3.97. The molecule has 1 aromatic carbocycles. The van der Waals surface area contributed by atoms with Gasteiger partial charge in [-0.15, -0.1) is 0 Å². The van der Waals surface area contributed by atoms with E-state index in [1.54, 1.807) is 11.1 Å². The number of benzene rings is 1. The maximum absolute atomic E-state index is 3.73. The fourth-order valence-corrected chi connectivity index (χ4v) is 2.84. The van der Waals surface area contributed by atoms with Gasteiger partial charge in [0.05, 0.1) is 0 Å². The molecule has 100 valence electrons. The Morgan fingerprint density at radius 2 is 1.83 bits per heavy atom. The van der Waals surface area contributed by atoms with Crippen LogP contribution >= 0.6 is 0 Å². The molecule has 1 aliphatic carbocycles. The summed E-state index contributed by atoms with van der Waals surface area (Å²) in [6.07, 6.45) is 7.82. The van der Waals surface area contributed by atoms with E-state index >= 15 is 0 Å². The van der Waals surface area contributed by atoms with Gasteiger partial charge in [-0.2, -0.15) is 0 Å². The summed E-state index contributed by atoms with van der Waals surface area (Å²) in [7, 11) is 0. The van der Waals surface area contributed by atoms with Crippen molar-refractivity contribution in [2.24, 2.45) is 5.92 Å². The number of aryl methyl sites for hydroxylation is 1. The summed E-state index contributed by atoms with van der Waals surface area (Å²) in [5.41, 5.74) is 4.55. The average Bonchev–Trinajstić information content (AvgIpc) is 2.37. The number of rotatable bonds is 5. The fourth-order valence-electron chi connectivity index (χ4n) is 2.84. The van der Waals surface area contributed by atoms with Crippen LogP contribution in [0.4, 0.5) is 5.69 Å². The van der Waals surface area contributed by atoms with E-state index in [1.165, 1.54) is 44.2 Å². The standard InChI is InChI=1S/C17H27N/c1-13(2)11-12-14(3)18-17-10-6-8-15-7-4-5-9-16(15)17/h6,8,10,13-14,18H,4-5,7,9,11-12H2,1-3H3. The Balaban J connectivity index is 2.00. The van der Waals surface area contributed by atoms with Gasteiger partial charge in [-0.25, -0.2) is 0 Å². The van der Waals surface area contributed by atoms with Crippen molar-refractivity contribution in [3.05, 3.63) is 29.3 Å². The molecule has 0 saturated heterocycles. The van der Waals surface area contributed by atoms with E-state index in [0.29, 0.717) is 6.04 Å². The maximum atomic E-state index is 3.73. The number of hydrogen-bond acceptors (Lipinski definition) is 1. The minimum absolute atomic E-state index is 0.584. The molecule has 1 unspecified atom stereocenters. The summed E-state index contributed by atoms with van der Waals surface area (Å²) in [5.74, 6) is 0.805. The summed E-state index contributed by atoms with van der Waals surface area (Å²) in [6.45, 7) is 6.92. The first-order chi connectivity index (χ1) is 8.66. The molecule has 0 fully saturated rings. The Morgan fingerprint density at radius 3 is 2.61 bits per heavy atom. The van der Waals surface area contributed by atoms with Gasteiger partial charge in [0.25, 0.3) is 0 Å². The largest absolute Gasteiger partial charge is 0.382 e. The van der Waals surface area contributed by atoms with Gasteiger partial charge in [0.2, 0.25) is 0 Å². The molecule has 1 aliphatic rings. The van der Waals surface area contributed by atoms with Crippen LogP contribution in [0.3, 0.4) is 0 Å². The van der Waals surface area contributed by atoms with E-state index in [1.807, 2.05) is 0 Å². The zero-order chi connectivity index (χ0) is 13.0. The van der Waals surface area contributed by atoms with Gasteiger partial charge in [-0.05, 0) is 68.6 Å². The Kier molecular flexibility index (Phi) is 4.68. The van der Waals surface area contributed by atoms with Gasteiger partial charge in [-0.1, -0.05) is 26.0 Å². The Morgan fingerprint density at radius 1 is 1.06 bits per heavy atom. The molecule has 0 bridgehead atoms. The predicted molar refractivity (Wildman–Crippen MR) is 80.2 cm³/mol. The van der Waals surface area contributed by atoms with Gasteiger partial charge in [0, 0.05) is 11.7 Å². The van der Waals surface area contributed by atoms with E-state index in [-0.39, 0.29) is 0 Å². The number of nitrogens with one attached hydrogen (secondary N) is 1. The van der Waals surface area contributed by atoms with E-state index in [4.69, 9.17) is 0 Å². The lowest BCUT2D eigenvalue weighted by Gasteiger charge is -2.23. The summed E-state index contributed by atoms with van der Waals surface area (Å²) in [5, 5.41) is 3.73. The SMILES string of the molecule is CC(C)CCC(C)Nc1cccc2c1CCCC2.